The number of hydrogen-bond acceptors (Lipinski definition) is 5. The standard InChI is InChI=1S/C26H22F4N4O3/c1-37-22-5-3-2-4-19(22)23-20(27)13-18(15-32-23)25(33-24(35)36)8-10-34(11-9-25)21-7-6-17(26(28,29)30)12-16(21)14-31/h2-7,12-13,15,33H,8-11H2,1H3,(H,35,36). The molecule has 37 heavy (non-hydrogen) atoms. The van der Waals surface area contributed by atoms with Crippen LogP contribution in [0, 0.1) is 17.1 Å². The lowest BCUT2D eigenvalue weighted by Gasteiger charge is -2.43. The number of anilines is 1. The molecule has 2 aromatic carbocycles. The van der Waals surface area contributed by atoms with E-state index < -0.39 is 29.2 Å². The lowest BCUT2D eigenvalue weighted by atomic mass is 9.81. The van der Waals surface area contributed by atoms with Crippen molar-refractivity contribution in [2.75, 3.05) is 25.1 Å². The fraction of sp³-hybridized carbons (Fsp3) is 0.269. The van der Waals surface area contributed by atoms with Crippen LogP contribution in [0.25, 0.3) is 11.3 Å². The van der Waals surface area contributed by atoms with Gasteiger partial charge in [0.15, 0.2) is 0 Å². The van der Waals surface area contributed by atoms with E-state index in [1.54, 1.807) is 29.2 Å². The summed E-state index contributed by atoms with van der Waals surface area (Å²) in [6, 6.07) is 12.8. The minimum absolute atomic E-state index is 0.0486. The first-order valence-corrected chi connectivity index (χ1v) is 11.2. The number of pyridine rings is 1. The third kappa shape index (κ3) is 5.14. The van der Waals surface area contributed by atoms with Crippen molar-refractivity contribution < 1.29 is 32.2 Å². The average Bonchev–Trinajstić information content (AvgIpc) is 2.88. The molecule has 0 atom stereocenters. The molecule has 1 saturated heterocycles. The Labute approximate surface area is 209 Å². The lowest BCUT2D eigenvalue weighted by molar-refractivity contribution is -0.137. The number of nitrogens with zero attached hydrogens (tertiary/aromatic N) is 3. The Bertz CT molecular complexity index is 1360. The molecule has 192 valence electrons. The number of nitrogens with one attached hydrogen (secondary N) is 1. The molecule has 0 bridgehead atoms. The summed E-state index contributed by atoms with van der Waals surface area (Å²) in [5.74, 6) is -0.233. The Kier molecular flexibility index (Phi) is 6.94. The maximum atomic E-state index is 15.3. The van der Waals surface area contributed by atoms with Crippen molar-refractivity contribution in [3.63, 3.8) is 0 Å². The van der Waals surface area contributed by atoms with Crippen LogP contribution in [-0.4, -0.2) is 36.4 Å². The highest BCUT2D eigenvalue weighted by Crippen LogP contribution is 2.39. The minimum Gasteiger partial charge on any atom is -0.496 e. The Balaban J connectivity index is 1.64. The van der Waals surface area contributed by atoms with Gasteiger partial charge in [0.25, 0.3) is 0 Å². The van der Waals surface area contributed by atoms with Crippen LogP contribution < -0.4 is 15.0 Å². The predicted octanol–water partition coefficient (Wildman–Crippen LogP) is 5.55. The number of ether oxygens (including phenoxy) is 1. The summed E-state index contributed by atoms with van der Waals surface area (Å²) in [7, 11) is 1.46. The van der Waals surface area contributed by atoms with Crippen molar-refractivity contribution in [1.29, 1.82) is 5.26 Å². The van der Waals surface area contributed by atoms with Crippen LogP contribution in [0.1, 0.15) is 29.5 Å². The normalized spacial score (nSPS) is 15.1. The van der Waals surface area contributed by atoms with Crippen LogP contribution in [0.15, 0.2) is 54.7 Å². The maximum Gasteiger partial charge on any atom is 0.416 e. The highest BCUT2D eigenvalue weighted by Gasteiger charge is 2.39. The maximum absolute atomic E-state index is 15.3. The van der Waals surface area contributed by atoms with Gasteiger partial charge < -0.3 is 20.1 Å². The van der Waals surface area contributed by atoms with E-state index in [2.05, 4.69) is 10.3 Å². The van der Waals surface area contributed by atoms with Gasteiger partial charge in [0.1, 0.15) is 23.3 Å². The van der Waals surface area contributed by atoms with E-state index in [0.717, 1.165) is 12.1 Å². The topological polar surface area (TPSA) is 98.5 Å². The van der Waals surface area contributed by atoms with Crippen molar-refractivity contribution in [3.8, 4) is 23.1 Å². The molecular weight excluding hydrogens is 492 g/mol. The number of hydrogen-bond donors (Lipinski definition) is 2. The molecule has 1 aliphatic heterocycles. The fourth-order valence-corrected chi connectivity index (χ4v) is 4.64. The summed E-state index contributed by atoms with van der Waals surface area (Å²) < 4.78 is 59.8. The van der Waals surface area contributed by atoms with Gasteiger partial charge in [-0.05, 0) is 54.8 Å². The van der Waals surface area contributed by atoms with E-state index in [-0.39, 0.29) is 37.2 Å². The summed E-state index contributed by atoms with van der Waals surface area (Å²) in [5, 5.41) is 21.5. The average molecular weight is 514 g/mol. The number of halogens is 4. The molecule has 0 saturated carbocycles. The Morgan fingerprint density at radius 3 is 2.49 bits per heavy atom. The van der Waals surface area contributed by atoms with Crippen molar-refractivity contribution in [2.45, 2.75) is 24.6 Å². The van der Waals surface area contributed by atoms with Gasteiger partial charge in [-0.2, -0.15) is 18.4 Å². The van der Waals surface area contributed by atoms with Crippen LogP contribution in [0.2, 0.25) is 0 Å². The third-order valence-corrected chi connectivity index (χ3v) is 6.50. The van der Waals surface area contributed by atoms with E-state index in [9.17, 15) is 28.3 Å². The van der Waals surface area contributed by atoms with Crippen LogP contribution >= 0.6 is 0 Å². The minimum atomic E-state index is -4.58. The van der Waals surface area contributed by atoms with E-state index in [4.69, 9.17) is 4.74 Å². The summed E-state index contributed by atoms with van der Waals surface area (Å²) >= 11 is 0. The summed E-state index contributed by atoms with van der Waals surface area (Å²) in [6.45, 7) is 0.409. The molecule has 2 heterocycles. The van der Waals surface area contributed by atoms with Crippen molar-refractivity contribution in [2.24, 2.45) is 0 Å². The molecule has 1 aromatic heterocycles. The third-order valence-electron chi connectivity index (χ3n) is 6.50. The van der Waals surface area contributed by atoms with E-state index in [1.807, 2.05) is 6.07 Å². The number of carboxylic acid groups (broad SMARTS) is 1. The van der Waals surface area contributed by atoms with E-state index >= 15 is 4.39 Å². The Hall–Kier alpha value is -4.33. The molecule has 3 aromatic rings. The number of nitriles is 1. The quantitative estimate of drug-likeness (QED) is 0.433. The number of amides is 1. The molecular formula is C26H22F4N4O3. The van der Waals surface area contributed by atoms with Gasteiger partial charge in [0.2, 0.25) is 0 Å². The van der Waals surface area contributed by atoms with E-state index in [0.29, 0.717) is 22.6 Å². The number of benzene rings is 2. The van der Waals surface area contributed by atoms with Crippen LogP contribution in [0.3, 0.4) is 0 Å². The van der Waals surface area contributed by atoms with E-state index in [1.165, 1.54) is 25.4 Å². The molecule has 1 aliphatic rings. The van der Waals surface area contributed by atoms with Crippen molar-refractivity contribution in [1.82, 2.24) is 10.3 Å². The highest BCUT2D eigenvalue weighted by molar-refractivity contribution is 5.69. The number of piperidine rings is 1. The van der Waals surface area contributed by atoms with Gasteiger partial charge >= 0.3 is 12.3 Å². The predicted molar refractivity (Wildman–Crippen MR) is 127 cm³/mol. The van der Waals surface area contributed by atoms with Crippen molar-refractivity contribution >= 4 is 11.8 Å². The van der Waals surface area contributed by atoms with Gasteiger partial charge in [-0.25, -0.2) is 9.18 Å². The Morgan fingerprint density at radius 1 is 1.19 bits per heavy atom. The number of alkyl halides is 3. The fourth-order valence-electron chi connectivity index (χ4n) is 4.64. The van der Waals surface area contributed by atoms with Crippen LogP contribution in [0.5, 0.6) is 5.75 Å². The lowest BCUT2D eigenvalue weighted by Crippen LogP contribution is -2.53. The van der Waals surface area contributed by atoms with Gasteiger partial charge in [0, 0.05) is 24.8 Å². The van der Waals surface area contributed by atoms with Gasteiger partial charge in [0.05, 0.1) is 29.5 Å². The molecule has 11 heteroatoms. The second kappa shape index (κ2) is 9.97. The monoisotopic (exact) mass is 514 g/mol. The van der Waals surface area contributed by atoms with Gasteiger partial charge in [-0.1, -0.05) is 12.1 Å². The molecule has 0 aliphatic carbocycles. The van der Waals surface area contributed by atoms with Gasteiger partial charge in [-0.15, -0.1) is 0 Å². The second-order valence-electron chi connectivity index (χ2n) is 8.60. The first kappa shape index (κ1) is 25.8. The first-order chi connectivity index (χ1) is 17.6. The number of methoxy groups -OCH3 is 1. The molecule has 0 unspecified atom stereocenters. The number of aromatic nitrogens is 1. The number of carbonyl (C=O) groups is 1. The largest absolute Gasteiger partial charge is 0.496 e. The van der Waals surface area contributed by atoms with Crippen molar-refractivity contribution in [3.05, 3.63) is 77.2 Å². The zero-order valence-electron chi connectivity index (χ0n) is 19.6. The molecule has 0 spiro atoms. The molecule has 0 radical (unpaired) electrons. The summed E-state index contributed by atoms with van der Waals surface area (Å²) in [4.78, 5) is 17.7. The van der Waals surface area contributed by atoms with Crippen LogP contribution in [-0.2, 0) is 11.7 Å². The van der Waals surface area contributed by atoms with Gasteiger partial charge in [-0.3, -0.25) is 4.98 Å². The summed E-state index contributed by atoms with van der Waals surface area (Å²) in [6.07, 6.45) is -4.15. The smallest absolute Gasteiger partial charge is 0.416 e. The zero-order valence-corrected chi connectivity index (χ0v) is 19.6. The Morgan fingerprint density at radius 2 is 1.89 bits per heavy atom. The second-order valence-corrected chi connectivity index (χ2v) is 8.60. The molecule has 4 rings (SSSR count). The molecule has 2 N–H and O–H groups in total. The number of rotatable bonds is 5. The summed E-state index contributed by atoms with van der Waals surface area (Å²) in [5.41, 5.74) is -1.13. The molecule has 7 nitrogen and oxygen atoms in total. The molecule has 1 amide bonds. The highest BCUT2D eigenvalue weighted by atomic mass is 19.4. The zero-order chi connectivity index (χ0) is 26.8. The first-order valence-electron chi connectivity index (χ1n) is 11.2. The van der Waals surface area contributed by atoms with Crippen LogP contribution in [0.4, 0.5) is 28.0 Å². The molecule has 1 fully saturated rings. The SMILES string of the molecule is COc1ccccc1-c1ncc(C2(NC(=O)O)CCN(c3ccc(C(F)(F)F)cc3C#N)CC2)cc1F. The number of para-hydroxylation sites is 1.